The average Bonchev–Trinajstić information content (AvgIpc) is 2.58. The van der Waals surface area contributed by atoms with Gasteiger partial charge in [0.25, 0.3) is 0 Å². The fraction of sp³-hybridized carbons (Fsp3) is 0.652. The van der Waals surface area contributed by atoms with Gasteiger partial charge in [0.15, 0.2) is 0 Å². The molecule has 4 bridgehead atoms. The van der Waals surface area contributed by atoms with Gasteiger partial charge in [0.2, 0.25) is 11.8 Å². The van der Waals surface area contributed by atoms with Crippen LogP contribution in [0.2, 0.25) is 0 Å². The Morgan fingerprint density at radius 3 is 2.38 bits per heavy atom. The molecule has 0 aromatic heterocycles. The SMILES string of the molecule is CC(=O)N[C@@]12CC3C[C@H](C1)[C@H](NC(=O)C(C)(C)Nc1ccc(Br)cc1C)[C@@H](C3)C2. The molecule has 4 aliphatic rings. The van der Waals surface area contributed by atoms with Crippen molar-refractivity contribution in [1.29, 1.82) is 0 Å². The lowest BCUT2D eigenvalue weighted by atomic mass is 9.51. The summed E-state index contributed by atoms with van der Waals surface area (Å²) in [7, 11) is 0. The molecule has 1 aromatic rings. The second-order valence-electron chi connectivity index (χ2n) is 10.1. The summed E-state index contributed by atoms with van der Waals surface area (Å²) in [6.07, 6.45) is 5.43. The van der Waals surface area contributed by atoms with Gasteiger partial charge in [-0.3, -0.25) is 9.59 Å². The van der Waals surface area contributed by atoms with Crippen LogP contribution in [0.3, 0.4) is 0 Å². The maximum absolute atomic E-state index is 13.2. The first-order chi connectivity index (χ1) is 13.6. The molecule has 5 rings (SSSR count). The number of halogens is 1. The van der Waals surface area contributed by atoms with Crippen molar-refractivity contribution in [3.63, 3.8) is 0 Å². The highest BCUT2D eigenvalue weighted by Gasteiger charge is 2.56. The minimum atomic E-state index is -0.706. The lowest BCUT2D eigenvalue weighted by Crippen LogP contribution is -2.67. The van der Waals surface area contributed by atoms with E-state index in [4.69, 9.17) is 0 Å². The maximum Gasteiger partial charge on any atom is 0.245 e. The third-order valence-corrected chi connectivity index (χ3v) is 7.71. The summed E-state index contributed by atoms with van der Waals surface area (Å²) >= 11 is 3.49. The van der Waals surface area contributed by atoms with Crippen LogP contribution in [0.25, 0.3) is 0 Å². The molecule has 1 unspecified atom stereocenters. The third kappa shape index (κ3) is 4.05. The van der Waals surface area contributed by atoms with Gasteiger partial charge in [-0.05, 0) is 94.4 Å². The highest BCUT2D eigenvalue weighted by Crippen LogP contribution is 2.55. The number of benzene rings is 1. The van der Waals surface area contributed by atoms with Crippen LogP contribution >= 0.6 is 15.9 Å². The molecule has 0 saturated heterocycles. The lowest BCUT2D eigenvalue weighted by Gasteiger charge is -2.60. The Bertz CT molecular complexity index is 821. The smallest absolute Gasteiger partial charge is 0.245 e. The van der Waals surface area contributed by atoms with Crippen molar-refractivity contribution < 1.29 is 9.59 Å². The predicted octanol–water partition coefficient (Wildman–Crippen LogP) is 4.15. The molecule has 5 atom stereocenters. The Kier molecular flexibility index (Phi) is 5.21. The fourth-order valence-electron chi connectivity index (χ4n) is 6.28. The van der Waals surface area contributed by atoms with Gasteiger partial charge in [-0.25, -0.2) is 0 Å². The van der Waals surface area contributed by atoms with E-state index in [0.717, 1.165) is 35.0 Å². The first-order valence-corrected chi connectivity index (χ1v) is 11.5. The van der Waals surface area contributed by atoms with Crippen LogP contribution in [0.1, 0.15) is 58.4 Å². The van der Waals surface area contributed by atoms with E-state index >= 15 is 0 Å². The summed E-state index contributed by atoms with van der Waals surface area (Å²) in [5.41, 5.74) is 1.34. The maximum atomic E-state index is 13.2. The summed E-state index contributed by atoms with van der Waals surface area (Å²) in [5, 5.41) is 10.1. The standard InChI is InChI=1S/C23H32BrN3O2/c1-13-7-18(24)5-6-19(13)27-22(3,4)21(29)25-20-16-8-15-9-17(20)12-23(10-15,11-16)26-14(2)28/h5-7,15-17,20,27H,8-12H2,1-4H3,(H,25,29)(H,26,28)/t15?,16-,17+,20+,23+. The molecule has 0 heterocycles. The summed E-state index contributed by atoms with van der Waals surface area (Å²) in [5.74, 6) is 1.72. The van der Waals surface area contributed by atoms with Crippen LogP contribution < -0.4 is 16.0 Å². The van der Waals surface area contributed by atoms with Crippen molar-refractivity contribution >= 4 is 33.4 Å². The van der Waals surface area contributed by atoms with Crippen LogP contribution in [0, 0.1) is 24.7 Å². The number of carbonyl (C=O) groups is 2. The molecule has 0 aliphatic heterocycles. The molecule has 6 heteroatoms. The van der Waals surface area contributed by atoms with E-state index in [1.807, 2.05) is 32.9 Å². The molecule has 2 amide bonds. The van der Waals surface area contributed by atoms with Gasteiger partial charge in [-0.1, -0.05) is 15.9 Å². The molecule has 1 aromatic carbocycles. The minimum absolute atomic E-state index is 0.0358. The first kappa shape index (κ1) is 20.7. The van der Waals surface area contributed by atoms with Crippen molar-refractivity contribution in [2.75, 3.05) is 5.32 Å². The zero-order valence-corrected chi connectivity index (χ0v) is 19.4. The Labute approximate surface area is 181 Å². The van der Waals surface area contributed by atoms with Gasteiger partial charge in [-0.15, -0.1) is 0 Å². The summed E-state index contributed by atoms with van der Waals surface area (Å²) in [4.78, 5) is 25.0. The van der Waals surface area contributed by atoms with E-state index in [-0.39, 0.29) is 23.4 Å². The number of anilines is 1. The van der Waals surface area contributed by atoms with E-state index in [1.54, 1.807) is 6.92 Å². The first-order valence-electron chi connectivity index (χ1n) is 10.7. The van der Waals surface area contributed by atoms with Crippen LogP contribution in [0.5, 0.6) is 0 Å². The minimum Gasteiger partial charge on any atom is -0.371 e. The van der Waals surface area contributed by atoms with Crippen molar-refractivity contribution in [3.8, 4) is 0 Å². The normalized spacial score (nSPS) is 32.7. The summed E-state index contributed by atoms with van der Waals surface area (Å²) in [6, 6.07) is 6.26. The van der Waals surface area contributed by atoms with Crippen LogP contribution in [-0.2, 0) is 9.59 Å². The lowest BCUT2D eigenvalue weighted by molar-refractivity contribution is -0.132. The second-order valence-corrected chi connectivity index (χ2v) is 11.1. The van der Waals surface area contributed by atoms with Gasteiger partial charge < -0.3 is 16.0 Å². The highest BCUT2D eigenvalue weighted by molar-refractivity contribution is 9.10. The molecular weight excluding hydrogens is 430 g/mol. The summed E-state index contributed by atoms with van der Waals surface area (Å²) < 4.78 is 1.03. The molecule has 4 aliphatic carbocycles. The zero-order valence-electron chi connectivity index (χ0n) is 17.8. The third-order valence-electron chi connectivity index (χ3n) is 7.22. The van der Waals surface area contributed by atoms with Crippen molar-refractivity contribution in [1.82, 2.24) is 10.6 Å². The Hall–Kier alpha value is -1.56. The largest absolute Gasteiger partial charge is 0.371 e. The predicted molar refractivity (Wildman–Crippen MR) is 119 cm³/mol. The monoisotopic (exact) mass is 461 g/mol. The van der Waals surface area contributed by atoms with Crippen LogP contribution in [0.15, 0.2) is 22.7 Å². The summed E-state index contributed by atoms with van der Waals surface area (Å²) in [6.45, 7) is 7.55. The highest BCUT2D eigenvalue weighted by atomic mass is 79.9. The van der Waals surface area contributed by atoms with Gasteiger partial charge in [-0.2, -0.15) is 0 Å². The Morgan fingerprint density at radius 1 is 1.14 bits per heavy atom. The van der Waals surface area contributed by atoms with E-state index in [1.165, 1.54) is 12.8 Å². The van der Waals surface area contributed by atoms with Gasteiger partial charge in [0.05, 0.1) is 0 Å². The Morgan fingerprint density at radius 2 is 1.79 bits per heavy atom. The van der Waals surface area contributed by atoms with E-state index in [9.17, 15) is 9.59 Å². The molecule has 0 radical (unpaired) electrons. The molecule has 158 valence electrons. The zero-order chi connectivity index (χ0) is 21.0. The van der Waals surface area contributed by atoms with Gasteiger partial charge in [0, 0.05) is 28.7 Å². The van der Waals surface area contributed by atoms with Crippen molar-refractivity contribution in [2.24, 2.45) is 17.8 Å². The average molecular weight is 462 g/mol. The van der Waals surface area contributed by atoms with E-state index < -0.39 is 5.54 Å². The fourth-order valence-corrected chi connectivity index (χ4v) is 6.75. The molecule has 5 nitrogen and oxygen atoms in total. The van der Waals surface area contributed by atoms with Gasteiger partial charge >= 0.3 is 0 Å². The molecular formula is C23H32BrN3O2. The van der Waals surface area contributed by atoms with E-state index in [0.29, 0.717) is 17.8 Å². The second kappa shape index (κ2) is 7.29. The number of rotatable bonds is 5. The van der Waals surface area contributed by atoms with Gasteiger partial charge in [0.1, 0.15) is 5.54 Å². The number of hydrogen-bond donors (Lipinski definition) is 3. The quantitative estimate of drug-likeness (QED) is 0.616. The van der Waals surface area contributed by atoms with E-state index in [2.05, 4.69) is 37.9 Å². The molecule has 29 heavy (non-hydrogen) atoms. The number of aryl methyl sites for hydroxylation is 1. The van der Waals surface area contributed by atoms with Crippen LogP contribution in [0.4, 0.5) is 5.69 Å². The molecule has 0 spiro atoms. The van der Waals surface area contributed by atoms with Crippen LogP contribution in [-0.4, -0.2) is 28.9 Å². The topological polar surface area (TPSA) is 70.2 Å². The van der Waals surface area contributed by atoms with Crippen molar-refractivity contribution in [3.05, 3.63) is 28.2 Å². The Balaban J connectivity index is 1.45. The molecule has 4 fully saturated rings. The molecule has 4 saturated carbocycles. The number of carbonyl (C=O) groups excluding carboxylic acids is 2. The number of amides is 2. The number of hydrogen-bond acceptors (Lipinski definition) is 3. The number of nitrogens with one attached hydrogen (secondary N) is 3. The molecule has 3 N–H and O–H groups in total. The van der Waals surface area contributed by atoms with Crippen molar-refractivity contribution in [2.45, 2.75) is 76.9 Å².